The SMILES string of the molecule is C=C1C=CN(CCc2ccccc2)C(CNCc2ccc(CC)cc2)=C1. The molecule has 2 nitrogen and oxygen atoms in total. The molecule has 0 spiro atoms. The molecule has 0 saturated carbocycles. The lowest BCUT2D eigenvalue weighted by Gasteiger charge is -2.27. The first-order valence-corrected chi connectivity index (χ1v) is 9.41. The van der Waals surface area contributed by atoms with E-state index in [1.54, 1.807) is 0 Å². The van der Waals surface area contributed by atoms with Crippen molar-refractivity contribution in [2.75, 3.05) is 13.1 Å². The van der Waals surface area contributed by atoms with Gasteiger partial charge in [0.15, 0.2) is 0 Å². The lowest BCUT2D eigenvalue weighted by atomic mass is 10.1. The third kappa shape index (κ3) is 5.21. The highest BCUT2D eigenvalue weighted by Crippen LogP contribution is 2.16. The lowest BCUT2D eigenvalue weighted by Crippen LogP contribution is -2.29. The van der Waals surface area contributed by atoms with Crippen molar-refractivity contribution in [3.05, 3.63) is 107 Å². The van der Waals surface area contributed by atoms with Gasteiger partial charge in [0.05, 0.1) is 0 Å². The van der Waals surface area contributed by atoms with Crippen molar-refractivity contribution >= 4 is 0 Å². The predicted octanol–water partition coefficient (Wildman–Crippen LogP) is 4.85. The van der Waals surface area contributed by atoms with E-state index in [4.69, 9.17) is 0 Å². The van der Waals surface area contributed by atoms with Crippen LogP contribution in [0.4, 0.5) is 0 Å². The van der Waals surface area contributed by atoms with E-state index in [1.807, 2.05) is 0 Å². The number of hydrogen-bond donors (Lipinski definition) is 1. The molecular formula is C24H28N2. The molecule has 0 aromatic heterocycles. The zero-order chi connectivity index (χ0) is 18.2. The number of rotatable bonds is 8. The molecule has 1 aliphatic rings. The Labute approximate surface area is 157 Å². The number of hydrogen-bond acceptors (Lipinski definition) is 2. The van der Waals surface area contributed by atoms with E-state index in [2.05, 4.69) is 96.7 Å². The van der Waals surface area contributed by atoms with Gasteiger partial charge in [-0.25, -0.2) is 0 Å². The monoisotopic (exact) mass is 344 g/mol. The zero-order valence-corrected chi connectivity index (χ0v) is 15.6. The number of nitrogens with zero attached hydrogens (tertiary/aromatic N) is 1. The zero-order valence-electron chi connectivity index (χ0n) is 15.6. The minimum absolute atomic E-state index is 0.841. The van der Waals surface area contributed by atoms with Crippen molar-refractivity contribution in [3.63, 3.8) is 0 Å². The van der Waals surface area contributed by atoms with Gasteiger partial charge in [0, 0.05) is 31.5 Å². The van der Waals surface area contributed by atoms with Gasteiger partial charge >= 0.3 is 0 Å². The molecule has 1 N–H and O–H groups in total. The molecule has 2 heteroatoms. The van der Waals surface area contributed by atoms with Crippen LogP contribution < -0.4 is 5.32 Å². The lowest BCUT2D eigenvalue weighted by molar-refractivity contribution is 0.442. The fourth-order valence-corrected chi connectivity index (χ4v) is 3.12. The van der Waals surface area contributed by atoms with Gasteiger partial charge in [-0.05, 0) is 47.3 Å². The van der Waals surface area contributed by atoms with Crippen molar-refractivity contribution in [2.45, 2.75) is 26.3 Å². The standard InChI is InChI=1S/C24H28N2/c1-3-21-9-11-23(12-10-21)18-25-19-24-17-20(2)13-15-26(24)16-14-22-7-5-4-6-8-22/h4-13,15,17,25H,2-3,14,16,18-19H2,1H3. The topological polar surface area (TPSA) is 15.3 Å². The largest absolute Gasteiger partial charge is 0.350 e. The molecule has 2 aromatic carbocycles. The second-order valence-corrected chi connectivity index (χ2v) is 6.73. The summed E-state index contributed by atoms with van der Waals surface area (Å²) in [6.45, 7) is 8.97. The molecule has 2 aromatic rings. The maximum atomic E-state index is 4.08. The average molecular weight is 345 g/mol. The van der Waals surface area contributed by atoms with Crippen LogP contribution in [0.5, 0.6) is 0 Å². The van der Waals surface area contributed by atoms with Crippen LogP contribution in [0.3, 0.4) is 0 Å². The van der Waals surface area contributed by atoms with Gasteiger partial charge in [0.25, 0.3) is 0 Å². The van der Waals surface area contributed by atoms with Crippen molar-refractivity contribution in [3.8, 4) is 0 Å². The van der Waals surface area contributed by atoms with E-state index in [0.717, 1.165) is 38.0 Å². The summed E-state index contributed by atoms with van der Waals surface area (Å²) in [5, 5.41) is 3.57. The van der Waals surface area contributed by atoms with Crippen LogP contribution in [0, 0.1) is 0 Å². The number of nitrogens with one attached hydrogen (secondary N) is 1. The Morgan fingerprint density at radius 2 is 1.62 bits per heavy atom. The maximum Gasteiger partial charge on any atom is 0.0362 e. The molecule has 0 aliphatic carbocycles. The van der Waals surface area contributed by atoms with E-state index in [9.17, 15) is 0 Å². The van der Waals surface area contributed by atoms with Crippen molar-refractivity contribution < 1.29 is 0 Å². The Kier molecular flexibility index (Phi) is 6.45. The molecule has 0 fully saturated rings. The van der Waals surface area contributed by atoms with Gasteiger partial charge in [-0.15, -0.1) is 0 Å². The quantitative estimate of drug-likeness (QED) is 0.736. The van der Waals surface area contributed by atoms with Crippen LogP contribution in [0.15, 0.2) is 90.8 Å². The minimum Gasteiger partial charge on any atom is -0.350 e. The number of benzene rings is 2. The summed E-state index contributed by atoms with van der Waals surface area (Å²) < 4.78 is 0. The van der Waals surface area contributed by atoms with Crippen LogP contribution in [0.1, 0.15) is 23.6 Å². The number of allylic oxidation sites excluding steroid dienone is 3. The highest BCUT2D eigenvalue weighted by Gasteiger charge is 2.11. The van der Waals surface area contributed by atoms with Crippen LogP contribution in [0.25, 0.3) is 0 Å². The summed E-state index contributed by atoms with van der Waals surface area (Å²) in [5.74, 6) is 0. The molecule has 3 rings (SSSR count). The predicted molar refractivity (Wildman–Crippen MR) is 111 cm³/mol. The molecule has 1 aliphatic heterocycles. The molecule has 0 amide bonds. The van der Waals surface area contributed by atoms with Gasteiger partial charge in [0.1, 0.15) is 0 Å². The van der Waals surface area contributed by atoms with Gasteiger partial charge in [-0.2, -0.15) is 0 Å². The van der Waals surface area contributed by atoms with E-state index >= 15 is 0 Å². The van der Waals surface area contributed by atoms with E-state index in [0.29, 0.717) is 0 Å². The Balaban J connectivity index is 1.54. The summed E-state index contributed by atoms with van der Waals surface area (Å²) >= 11 is 0. The van der Waals surface area contributed by atoms with Crippen LogP contribution in [-0.2, 0) is 19.4 Å². The van der Waals surface area contributed by atoms with Crippen molar-refractivity contribution in [2.24, 2.45) is 0 Å². The molecule has 0 atom stereocenters. The highest BCUT2D eigenvalue weighted by atomic mass is 15.1. The fourth-order valence-electron chi connectivity index (χ4n) is 3.12. The first kappa shape index (κ1) is 18.2. The Hall–Kier alpha value is -2.58. The highest BCUT2D eigenvalue weighted by molar-refractivity contribution is 5.35. The maximum absolute atomic E-state index is 4.08. The van der Waals surface area contributed by atoms with Crippen molar-refractivity contribution in [1.82, 2.24) is 10.2 Å². The van der Waals surface area contributed by atoms with Gasteiger partial charge in [-0.3, -0.25) is 0 Å². The van der Waals surface area contributed by atoms with E-state index in [1.165, 1.54) is 22.4 Å². The summed E-state index contributed by atoms with van der Waals surface area (Å²) in [4.78, 5) is 2.33. The minimum atomic E-state index is 0.841. The third-order valence-electron chi connectivity index (χ3n) is 4.74. The van der Waals surface area contributed by atoms with E-state index < -0.39 is 0 Å². The molecule has 26 heavy (non-hydrogen) atoms. The van der Waals surface area contributed by atoms with Crippen LogP contribution in [0.2, 0.25) is 0 Å². The molecule has 0 radical (unpaired) electrons. The molecule has 0 bridgehead atoms. The molecule has 0 unspecified atom stereocenters. The molecule has 0 saturated heterocycles. The first-order chi connectivity index (χ1) is 12.7. The molecular weight excluding hydrogens is 316 g/mol. The van der Waals surface area contributed by atoms with Crippen LogP contribution >= 0.6 is 0 Å². The Morgan fingerprint density at radius 3 is 2.35 bits per heavy atom. The van der Waals surface area contributed by atoms with E-state index in [-0.39, 0.29) is 0 Å². The van der Waals surface area contributed by atoms with Gasteiger partial charge in [0.2, 0.25) is 0 Å². The summed E-state index contributed by atoms with van der Waals surface area (Å²) in [6, 6.07) is 19.5. The summed E-state index contributed by atoms with van der Waals surface area (Å²) in [5.41, 5.74) is 6.42. The average Bonchev–Trinajstić information content (AvgIpc) is 2.69. The smallest absolute Gasteiger partial charge is 0.0362 e. The summed E-state index contributed by atoms with van der Waals surface area (Å²) in [7, 11) is 0. The first-order valence-electron chi connectivity index (χ1n) is 9.41. The third-order valence-corrected chi connectivity index (χ3v) is 4.74. The van der Waals surface area contributed by atoms with Crippen molar-refractivity contribution in [1.29, 1.82) is 0 Å². The normalized spacial score (nSPS) is 13.8. The summed E-state index contributed by atoms with van der Waals surface area (Å²) in [6.07, 6.45) is 8.54. The second-order valence-electron chi connectivity index (χ2n) is 6.73. The van der Waals surface area contributed by atoms with Gasteiger partial charge < -0.3 is 10.2 Å². The van der Waals surface area contributed by atoms with Crippen LogP contribution in [-0.4, -0.2) is 18.0 Å². The Morgan fingerprint density at radius 1 is 0.885 bits per heavy atom. The molecule has 134 valence electrons. The second kappa shape index (κ2) is 9.21. The van der Waals surface area contributed by atoms with Gasteiger partial charge in [-0.1, -0.05) is 68.1 Å². The molecule has 1 heterocycles. The fraction of sp³-hybridized carbons (Fsp3) is 0.250. The Bertz CT molecular complexity index is 770. The number of aryl methyl sites for hydroxylation is 1.